The van der Waals surface area contributed by atoms with Gasteiger partial charge in [0.05, 0.1) is 29.0 Å². The van der Waals surface area contributed by atoms with E-state index in [1.165, 1.54) is 0 Å². The molecule has 1 aliphatic rings. The lowest BCUT2D eigenvalue weighted by molar-refractivity contribution is 0.574. The maximum atomic E-state index is 5.65. The van der Waals surface area contributed by atoms with Crippen molar-refractivity contribution < 1.29 is 4.42 Å². The minimum Gasteiger partial charge on any atom is -0.445 e. The number of hydrogen-bond acceptors (Lipinski definition) is 5. The number of benzene rings is 3. The molecule has 0 radical (unpaired) electrons. The number of anilines is 3. The summed E-state index contributed by atoms with van der Waals surface area (Å²) < 4.78 is 5.65. The van der Waals surface area contributed by atoms with Crippen molar-refractivity contribution in [2.45, 2.75) is 0 Å². The molecule has 36 heavy (non-hydrogen) atoms. The molecule has 7 rings (SSSR count). The largest absolute Gasteiger partial charge is 0.445 e. The lowest BCUT2D eigenvalue weighted by Gasteiger charge is -2.28. The van der Waals surface area contributed by atoms with Crippen molar-refractivity contribution in [1.82, 2.24) is 15.0 Å². The summed E-state index contributed by atoms with van der Waals surface area (Å²) in [4.78, 5) is 16.1. The Morgan fingerprint density at radius 1 is 0.556 bits per heavy atom. The van der Waals surface area contributed by atoms with Crippen LogP contribution >= 0.6 is 0 Å². The van der Waals surface area contributed by atoms with Gasteiger partial charge in [0.25, 0.3) is 0 Å². The van der Waals surface area contributed by atoms with Crippen molar-refractivity contribution in [3.8, 4) is 45.1 Å². The van der Waals surface area contributed by atoms with Crippen molar-refractivity contribution >= 4 is 17.1 Å². The SMILES string of the molecule is c1ccc(-c2cccc(N3c4cc(-c5ncco5)ccc4-c4cccnc4-c4ccccc43)c2)nc1. The average molecular weight is 465 g/mol. The Labute approximate surface area is 208 Å². The Bertz CT molecular complexity index is 1690. The van der Waals surface area contributed by atoms with Gasteiger partial charge in [0.2, 0.25) is 5.89 Å². The molecule has 170 valence electrons. The summed E-state index contributed by atoms with van der Waals surface area (Å²) in [6.45, 7) is 0. The van der Waals surface area contributed by atoms with Crippen LogP contribution in [0, 0.1) is 0 Å². The summed E-state index contributed by atoms with van der Waals surface area (Å²) in [6.07, 6.45) is 6.95. The van der Waals surface area contributed by atoms with E-state index in [2.05, 4.69) is 87.7 Å². The van der Waals surface area contributed by atoms with E-state index in [1.54, 1.807) is 12.5 Å². The van der Waals surface area contributed by atoms with Crippen molar-refractivity contribution in [2.24, 2.45) is 0 Å². The highest BCUT2D eigenvalue weighted by Crippen LogP contribution is 2.50. The number of para-hydroxylation sites is 1. The van der Waals surface area contributed by atoms with E-state index in [1.807, 2.05) is 36.7 Å². The number of rotatable bonds is 3. The smallest absolute Gasteiger partial charge is 0.225 e. The summed E-state index contributed by atoms with van der Waals surface area (Å²) in [5.74, 6) is 0.587. The number of nitrogens with zero attached hydrogens (tertiary/aromatic N) is 4. The van der Waals surface area contributed by atoms with E-state index in [0.717, 1.165) is 56.3 Å². The van der Waals surface area contributed by atoms with Gasteiger partial charge in [-0.1, -0.05) is 48.5 Å². The fourth-order valence-electron chi connectivity index (χ4n) is 4.90. The third-order valence-electron chi connectivity index (χ3n) is 6.48. The minimum atomic E-state index is 0.587. The molecular formula is C31H20N4O. The monoisotopic (exact) mass is 464 g/mol. The van der Waals surface area contributed by atoms with E-state index in [0.29, 0.717) is 5.89 Å². The van der Waals surface area contributed by atoms with Crippen LogP contribution in [0.25, 0.3) is 45.1 Å². The molecule has 3 aromatic heterocycles. The zero-order valence-electron chi connectivity index (χ0n) is 19.2. The zero-order chi connectivity index (χ0) is 23.9. The van der Waals surface area contributed by atoms with Gasteiger partial charge in [0.1, 0.15) is 6.26 Å². The molecule has 4 heterocycles. The first-order valence-electron chi connectivity index (χ1n) is 11.8. The number of oxazole rings is 1. The highest BCUT2D eigenvalue weighted by molar-refractivity contribution is 6.02. The van der Waals surface area contributed by atoms with Crippen molar-refractivity contribution in [3.63, 3.8) is 0 Å². The quantitative estimate of drug-likeness (QED) is 0.266. The average Bonchev–Trinajstić information content (AvgIpc) is 3.46. The summed E-state index contributed by atoms with van der Waals surface area (Å²) in [5, 5.41) is 0. The second kappa shape index (κ2) is 8.32. The summed E-state index contributed by atoms with van der Waals surface area (Å²) in [6, 6.07) is 33.3. The molecule has 1 aliphatic heterocycles. The van der Waals surface area contributed by atoms with Crippen molar-refractivity contribution in [2.75, 3.05) is 4.90 Å². The van der Waals surface area contributed by atoms with Crippen LogP contribution in [-0.4, -0.2) is 15.0 Å². The predicted octanol–water partition coefficient (Wildman–Crippen LogP) is 7.92. The Balaban J connectivity index is 1.53. The molecule has 0 N–H and O–H groups in total. The lowest BCUT2D eigenvalue weighted by atomic mass is 9.98. The fraction of sp³-hybridized carbons (Fsp3) is 0. The minimum absolute atomic E-state index is 0.587. The molecule has 0 fully saturated rings. The maximum Gasteiger partial charge on any atom is 0.225 e. The van der Waals surface area contributed by atoms with Crippen molar-refractivity contribution in [1.29, 1.82) is 0 Å². The number of hydrogen-bond donors (Lipinski definition) is 0. The Morgan fingerprint density at radius 2 is 1.44 bits per heavy atom. The lowest BCUT2D eigenvalue weighted by Crippen LogP contribution is -2.11. The molecule has 0 saturated carbocycles. The molecule has 0 unspecified atom stereocenters. The summed E-state index contributed by atoms with van der Waals surface area (Å²) in [7, 11) is 0. The second-order valence-corrected chi connectivity index (χ2v) is 8.59. The fourth-order valence-corrected chi connectivity index (χ4v) is 4.90. The van der Waals surface area contributed by atoms with Crippen LogP contribution in [-0.2, 0) is 0 Å². The molecule has 0 spiro atoms. The number of pyridine rings is 2. The van der Waals surface area contributed by atoms with E-state index >= 15 is 0 Å². The maximum absolute atomic E-state index is 5.65. The second-order valence-electron chi connectivity index (χ2n) is 8.59. The Hall–Kier alpha value is -5.03. The molecule has 6 aromatic rings. The van der Waals surface area contributed by atoms with E-state index < -0.39 is 0 Å². The summed E-state index contributed by atoms with van der Waals surface area (Å²) in [5.41, 5.74) is 10.2. The van der Waals surface area contributed by atoms with Crippen LogP contribution in [0.5, 0.6) is 0 Å². The number of aromatic nitrogens is 3. The van der Waals surface area contributed by atoms with E-state index in [-0.39, 0.29) is 0 Å². The summed E-state index contributed by atoms with van der Waals surface area (Å²) >= 11 is 0. The van der Waals surface area contributed by atoms with Gasteiger partial charge < -0.3 is 9.32 Å². The topological polar surface area (TPSA) is 55.1 Å². The third-order valence-corrected chi connectivity index (χ3v) is 6.48. The van der Waals surface area contributed by atoms with Gasteiger partial charge in [-0.3, -0.25) is 9.97 Å². The zero-order valence-corrected chi connectivity index (χ0v) is 19.2. The highest BCUT2D eigenvalue weighted by atomic mass is 16.3. The Kier molecular flexibility index (Phi) is 4.71. The van der Waals surface area contributed by atoms with Gasteiger partial charge >= 0.3 is 0 Å². The van der Waals surface area contributed by atoms with Crippen LogP contribution in [0.15, 0.2) is 126 Å². The highest BCUT2D eigenvalue weighted by Gasteiger charge is 2.27. The molecule has 0 atom stereocenters. The van der Waals surface area contributed by atoms with Crippen LogP contribution < -0.4 is 4.90 Å². The first-order chi connectivity index (χ1) is 17.9. The van der Waals surface area contributed by atoms with Gasteiger partial charge in [-0.25, -0.2) is 4.98 Å². The molecule has 0 bridgehead atoms. The molecule has 5 heteroatoms. The van der Waals surface area contributed by atoms with E-state index in [4.69, 9.17) is 9.40 Å². The van der Waals surface area contributed by atoms with Crippen molar-refractivity contribution in [3.05, 3.63) is 122 Å². The Morgan fingerprint density at radius 3 is 2.33 bits per heavy atom. The molecule has 0 saturated heterocycles. The van der Waals surface area contributed by atoms with Gasteiger partial charge in [-0.2, -0.15) is 0 Å². The third kappa shape index (κ3) is 3.29. The molecule has 0 aliphatic carbocycles. The van der Waals surface area contributed by atoms with Crippen LogP contribution in [0.2, 0.25) is 0 Å². The van der Waals surface area contributed by atoms with Gasteiger partial charge in [0, 0.05) is 45.9 Å². The van der Waals surface area contributed by atoms with Gasteiger partial charge in [-0.05, 0) is 48.5 Å². The van der Waals surface area contributed by atoms with Crippen LogP contribution in [0.1, 0.15) is 0 Å². The van der Waals surface area contributed by atoms with Gasteiger partial charge in [-0.15, -0.1) is 0 Å². The normalized spacial score (nSPS) is 11.8. The van der Waals surface area contributed by atoms with Crippen LogP contribution in [0.3, 0.4) is 0 Å². The standard InChI is InChI=1S/C31H20N4O/c1-2-12-28-26(9-1)30-25(10-6-16-33-30)24-14-13-22(31-34-17-18-36-31)20-29(24)35(28)23-8-5-7-21(19-23)27-11-3-4-15-32-27/h1-20H. The van der Waals surface area contributed by atoms with Crippen LogP contribution in [0.4, 0.5) is 17.1 Å². The predicted molar refractivity (Wildman–Crippen MR) is 142 cm³/mol. The first kappa shape index (κ1) is 20.4. The van der Waals surface area contributed by atoms with Gasteiger partial charge in [0.15, 0.2) is 0 Å². The molecule has 5 nitrogen and oxygen atoms in total. The molecule has 0 amide bonds. The number of fused-ring (bicyclic) bond motifs is 5. The molecular weight excluding hydrogens is 444 g/mol. The molecule has 3 aromatic carbocycles. The first-order valence-corrected chi connectivity index (χ1v) is 11.8. The van der Waals surface area contributed by atoms with E-state index in [9.17, 15) is 0 Å².